The highest BCUT2D eigenvalue weighted by molar-refractivity contribution is 5.90. The van der Waals surface area contributed by atoms with Gasteiger partial charge in [-0.2, -0.15) is 0 Å². The second-order valence-electron chi connectivity index (χ2n) is 6.17. The number of nitrogens with zero attached hydrogens (tertiary/aromatic N) is 1. The largest absolute Gasteiger partial charge is 0.496 e. The molecule has 1 aliphatic rings. The maximum Gasteiger partial charge on any atom is 0.323 e. The molecule has 2 aromatic rings. The molecule has 2 heterocycles. The average molecular weight is 409 g/mol. The van der Waals surface area contributed by atoms with E-state index in [1.165, 1.54) is 7.11 Å². The lowest BCUT2D eigenvalue weighted by molar-refractivity contribution is -0.142. The number of ether oxygens (including phenoxy) is 4. The molecule has 0 aliphatic carbocycles. The Morgan fingerprint density at radius 2 is 2.11 bits per heavy atom. The molecule has 2 atom stereocenters. The molecule has 0 bridgehead atoms. The van der Waals surface area contributed by atoms with Crippen LogP contribution in [0.25, 0.3) is 17.0 Å². The van der Waals surface area contributed by atoms with Crippen LogP contribution in [0.3, 0.4) is 0 Å². The molecule has 1 aromatic carbocycles. The molecule has 1 N–H and O–H groups in total. The predicted octanol–water partition coefficient (Wildman–Crippen LogP) is 2.99. The quantitative estimate of drug-likeness (QED) is 0.705. The van der Waals surface area contributed by atoms with Gasteiger partial charge in [0.15, 0.2) is 0 Å². The van der Waals surface area contributed by atoms with E-state index < -0.39 is 0 Å². The van der Waals surface area contributed by atoms with Crippen LogP contribution >= 0.6 is 12.4 Å². The third-order valence-electron chi connectivity index (χ3n) is 4.48. The molecule has 0 spiro atoms. The van der Waals surface area contributed by atoms with Gasteiger partial charge in [-0.15, -0.1) is 12.4 Å². The summed E-state index contributed by atoms with van der Waals surface area (Å²) in [4.78, 5) is 16.3. The summed E-state index contributed by atoms with van der Waals surface area (Å²) in [7, 11) is 2.99. The fourth-order valence-corrected chi connectivity index (χ4v) is 3.17. The summed E-state index contributed by atoms with van der Waals surface area (Å²) in [6.07, 6.45) is 2.09. The number of rotatable bonds is 7. The van der Waals surface area contributed by atoms with E-state index in [-0.39, 0.29) is 30.5 Å². The van der Waals surface area contributed by atoms with Crippen LogP contribution in [0.15, 0.2) is 24.8 Å². The van der Waals surface area contributed by atoms with Crippen molar-refractivity contribution in [1.29, 1.82) is 0 Å². The van der Waals surface area contributed by atoms with Crippen LogP contribution < -0.4 is 19.5 Å². The van der Waals surface area contributed by atoms with Gasteiger partial charge < -0.3 is 24.3 Å². The van der Waals surface area contributed by atoms with Crippen LogP contribution in [-0.4, -0.2) is 50.5 Å². The van der Waals surface area contributed by atoms with Crippen molar-refractivity contribution < 1.29 is 23.7 Å². The number of methoxy groups -OCH3 is 2. The smallest absolute Gasteiger partial charge is 0.323 e. The van der Waals surface area contributed by atoms with Crippen LogP contribution in [0.1, 0.15) is 18.9 Å². The Bertz CT molecular complexity index is 858. The maximum atomic E-state index is 11.7. The Balaban J connectivity index is 0.00000280. The molecular formula is C20H25ClN2O5. The SMILES string of the molecule is C=Cc1cc2c(O[C@H]3CN[C@H](C(=O)OC)C3)cc(OCC)nc2cc1OC.Cl. The van der Waals surface area contributed by atoms with Gasteiger partial charge in [-0.25, -0.2) is 4.98 Å². The van der Waals surface area contributed by atoms with Crippen molar-refractivity contribution in [3.8, 4) is 17.4 Å². The minimum absolute atomic E-state index is 0. The number of nitrogens with one attached hydrogen (secondary N) is 1. The van der Waals surface area contributed by atoms with E-state index in [1.54, 1.807) is 19.3 Å². The summed E-state index contributed by atoms with van der Waals surface area (Å²) >= 11 is 0. The van der Waals surface area contributed by atoms with Crippen LogP contribution in [0.4, 0.5) is 0 Å². The number of carbonyl (C=O) groups is 1. The van der Waals surface area contributed by atoms with Gasteiger partial charge in [-0.05, 0) is 13.0 Å². The first-order chi connectivity index (χ1) is 13.1. The molecule has 152 valence electrons. The molecule has 1 fully saturated rings. The molecule has 0 saturated carbocycles. The van der Waals surface area contributed by atoms with E-state index in [0.717, 1.165) is 10.9 Å². The minimum atomic E-state index is -0.358. The van der Waals surface area contributed by atoms with Crippen LogP contribution in [0.5, 0.6) is 17.4 Å². The zero-order valence-electron chi connectivity index (χ0n) is 16.2. The molecule has 3 rings (SSSR count). The molecule has 1 aromatic heterocycles. The number of aromatic nitrogens is 1. The number of carbonyl (C=O) groups excluding carboxylic acids is 1. The lowest BCUT2D eigenvalue weighted by Crippen LogP contribution is -2.31. The Morgan fingerprint density at radius 1 is 1.32 bits per heavy atom. The number of hydrogen-bond acceptors (Lipinski definition) is 7. The molecule has 1 aliphatic heterocycles. The minimum Gasteiger partial charge on any atom is -0.496 e. The number of pyridine rings is 1. The van der Waals surface area contributed by atoms with Crippen LogP contribution in [0.2, 0.25) is 0 Å². The van der Waals surface area contributed by atoms with E-state index >= 15 is 0 Å². The third kappa shape index (κ3) is 4.48. The molecule has 1 saturated heterocycles. The van der Waals surface area contributed by atoms with E-state index in [2.05, 4.69) is 16.9 Å². The summed E-state index contributed by atoms with van der Waals surface area (Å²) in [6, 6.07) is 5.19. The summed E-state index contributed by atoms with van der Waals surface area (Å²) in [5, 5.41) is 3.95. The Hall–Kier alpha value is -2.51. The normalized spacial score (nSPS) is 18.2. The van der Waals surface area contributed by atoms with Gasteiger partial charge >= 0.3 is 5.97 Å². The van der Waals surface area contributed by atoms with Crippen molar-refractivity contribution in [2.45, 2.75) is 25.5 Å². The topological polar surface area (TPSA) is 78.9 Å². The van der Waals surface area contributed by atoms with Crippen molar-refractivity contribution in [3.05, 3.63) is 30.3 Å². The van der Waals surface area contributed by atoms with Gasteiger partial charge in [0.2, 0.25) is 5.88 Å². The number of hydrogen-bond donors (Lipinski definition) is 1. The highest BCUT2D eigenvalue weighted by atomic mass is 35.5. The van der Waals surface area contributed by atoms with E-state index in [1.807, 2.05) is 19.1 Å². The lowest BCUT2D eigenvalue weighted by atomic mass is 10.1. The Labute approximate surface area is 170 Å². The third-order valence-corrected chi connectivity index (χ3v) is 4.48. The number of benzene rings is 1. The first-order valence-electron chi connectivity index (χ1n) is 8.85. The zero-order chi connectivity index (χ0) is 19.4. The van der Waals surface area contributed by atoms with Gasteiger partial charge in [-0.1, -0.05) is 12.7 Å². The first-order valence-corrected chi connectivity index (χ1v) is 8.85. The molecule has 0 radical (unpaired) electrons. The number of fused-ring (bicyclic) bond motifs is 1. The fraction of sp³-hybridized carbons (Fsp3) is 0.400. The molecule has 0 unspecified atom stereocenters. The number of halogens is 1. The standard InChI is InChI=1S/C20H24N2O5.ClH/c1-5-12-7-14-15(9-17(12)24-3)22-19(26-6-2)10-18(14)27-13-8-16(21-11-13)20(23)25-4;/h5,7,9-10,13,16,21H,1,6,8,11H2,2-4H3;1H/t13-,16+;/m1./s1. The van der Waals surface area contributed by atoms with E-state index in [0.29, 0.717) is 42.5 Å². The molecule has 28 heavy (non-hydrogen) atoms. The van der Waals surface area contributed by atoms with Gasteiger partial charge in [0.25, 0.3) is 0 Å². The average Bonchev–Trinajstić information content (AvgIpc) is 3.15. The van der Waals surface area contributed by atoms with Crippen molar-refractivity contribution in [3.63, 3.8) is 0 Å². The summed E-state index contributed by atoms with van der Waals surface area (Å²) in [5.41, 5.74) is 1.55. The van der Waals surface area contributed by atoms with Gasteiger partial charge in [0.05, 0.1) is 26.3 Å². The van der Waals surface area contributed by atoms with Crippen molar-refractivity contribution in [2.24, 2.45) is 0 Å². The molecule has 7 nitrogen and oxygen atoms in total. The summed E-state index contributed by atoms with van der Waals surface area (Å²) in [5.74, 6) is 1.52. The monoisotopic (exact) mass is 408 g/mol. The highest BCUT2D eigenvalue weighted by Crippen LogP contribution is 2.35. The second kappa shape index (κ2) is 9.61. The highest BCUT2D eigenvalue weighted by Gasteiger charge is 2.31. The Morgan fingerprint density at radius 3 is 2.75 bits per heavy atom. The second-order valence-corrected chi connectivity index (χ2v) is 6.17. The maximum absolute atomic E-state index is 11.7. The van der Waals surface area contributed by atoms with Crippen LogP contribution in [-0.2, 0) is 9.53 Å². The van der Waals surface area contributed by atoms with Crippen molar-refractivity contribution in [1.82, 2.24) is 10.3 Å². The lowest BCUT2D eigenvalue weighted by Gasteiger charge is -2.17. The fourth-order valence-electron chi connectivity index (χ4n) is 3.17. The van der Waals surface area contributed by atoms with Crippen molar-refractivity contribution >= 4 is 35.4 Å². The number of esters is 1. The predicted molar refractivity (Wildman–Crippen MR) is 110 cm³/mol. The Kier molecular flexibility index (Phi) is 7.48. The summed E-state index contributed by atoms with van der Waals surface area (Å²) < 4.78 is 22.0. The van der Waals surface area contributed by atoms with Gasteiger partial charge in [-0.3, -0.25) is 4.79 Å². The van der Waals surface area contributed by atoms with Gasteiger partial charge in [0.1, 0.15) is 23.6 Å². The van der Waals surface area contributed by atoms with Crippen molar-refractivity contribution in [2.75, 3.05) is 27.4 Å². The molecule has 0 amide bonds. The van der Waals surface area contributed by atoms with Crippen LogP contribution in [0, 0.1) is 0 Å². The van der Waals surface area contributed by atoms with E-state index in [9.17, 15) is 4.79 Å². The molecular weight excluding hydrogens is 384 g/mol. The summed E-state index contributed by atoms with van der Waals surface area (Å²) in [6.45, 7) is 6.79. The first kappa shape index (κ1) is 21.8. The van der Waals surface area contributed by atoms with Gasteiger partial charge in [0, 0.05) is 36.0 Å². The molecule has 8 heteroatoms. The zero-order valence-corrected chi connectivity index (χ0v) is 17.0. The van der Waals surface area contributed by atoms with E-state index in [4.69, 9.17) is 18.9 Å².